The first-order valence-corrected chi connectivity index (χ1v) is 9.71. The molecule has 1 amide bonds. The average Bonchev–Trinajstić information content (AvgIpc) is 2.74. The third-order valence-electron chi connectivity index (χ3n) is 4.78. The van der Waals surface area contributed by atoms with Gasteiger partial charge in [-0.2, -0.15) is 13.2 Å². The highest BCUT2D eigenvalue weighted by molar-refractivity contribution is 6.31. The van der Waals surface area contributed by atoms with Crippen molar-refractivity contribution in [1.29, 1.82) is 0 Å². The number of carbonyl (C=O) groups is 2. The lowest BCUT2D eigenvalue weighted by Crippen LogP contribution is -2.38. The summed E-state index contributed by atoms with van der Waals surface area (Å²) in [4.78, 5) is 29.8. The Balaban J connectivity index is 1.44. The third kappa shape index (κ3) is 6.06. The van der Waals surface area contributed by atoms with Gasteiger partial charge in [0.2, 0.25) is 0 Å². The van der Waals surface area contributed by atoms with Gasteiger partial charge in [0.25, 0.3) is 5.91 Å². The molecular weight excluding hydrogens is 442 g/mol. The van der Waals surface area contributed by atoms with E-state index >= 15 is 0 Å². The van der Waals surface area contributed by atoms with E-state index in [4.69, 9.17) is 16.3 Å². The van der Waals surface area contributed by atoms with Gasteiger partial charge in [-0.1, -0.05) is 11.6 Å². The molecule has 166 valence electrons. The Bertz CT molecular complexity index is 946. The summed E-state index contributed by atoms with van der Waals surface area (Å²) in [6.45, 7) is 0.325. The minimum absolute atomic E-state index is 0.149. The van der Waals surface area contributed by atoms with Gasteiger partial charge in [0.15, 0.2) is 6.61 Å². The quantitative estimate of drug-likeness (QED) is 0.533. The molecule has 0 atom stereocenters. The Hall–Kier alpha value is -2.88. The van der Waals surface area contributed by atoms with Crippen LogP contribution in [0.3, 0.4) is 0 Å². The number of aromatic nitrogens is 1. The molecule has 0 bridgehead atoms. The van der Waals surface area contributed by atoms with Crippen molar-refractivity contribution in [3.63, 3.8) is 0 Å². The van der Waals surface area contributed by atoms with Crippen molar-refractivity contribution in [3.8, 4) is 0 Å². The topological polar surface area (TPSA) is 71.5 Å². The number of hydrogen-bond acceptors (Lipinski definition) is 5. The number of anilines is 2. The predicted molar refractivity (Wildman–Crippen MR) is 105 cm³/mol. The summed E-state index contributed by atoms with van der Waals surface area (Å²) in [7, 11) is 0. The van der Waals surface area contributed by atoms with E-state index in [0.717, 1.165) is 18.3 Å². The van der Waals surface area contributed by atoms with Gasteiger partial charge in [-0.3, -0.25) is 9.59 Å². The average molecular weight is 460 g/mol. The number of hydrogen-bond donors (Lipinski definition) is 1. The number of rotatable bonds is 5. The van der Waals surface area contributed by atoms with Crippen molar-refractivity contribution in [2.75, 3.05) is 29.9 Å². The van der Waals surface area contributed by atoms with Crippen molar-refractivity contribution >= 4 is 35.0 Å². The second-order valence-electron chi connectivity index (χ2n) is 6.95. The van der Waals surface area contributed by atoms with E-state index in [1.54, 1.807) is 4.90 Å². The summed E-state index contributed by atoms with van der Waals surface area (Å²) < 4.78 is 56.1. The van der Waals surface area contributed by atoms with Crippen LogP contribution in [0.5, 0.6) is 0 Å². The number of carbonyl (C=O) groups excluding carboxylic acids is 2. The molecule has 0 spiro atoms. The molecule has 1 aliphatic heterocycles. The zero-order valence-corrected chi connectivity index (χ0v) is 16.8. The predicted octanol–water partition coefficient (Wildman–Crippen LogP) is 4.29. The molecule has 0 saturated carbocycles. The van der Waals surface area contributed by atoms with Crippen molar-refractivity contribution in [3.05, 3.63) is 52.9 Å². The Morgan fingerprint density at radius 2 is 1.90 bits per heavy atom. The summed E-state index contributed by atoms with van der Waals surface area (Å²) in [6.07, 6.45) is -2.84. The van der Waals surface area contributed by atoms with Crippen LogP contribution in [0, 0.1) is 11.7 Å². The third-order valence-corrected chi connectivity index (χ3v) is 5.07. The van der Waals surface area contributed by atoms with E-state index in [2.05, 4.69) is 10.3 Å². The Labute approximate surface area is 180 Å². The molecule has 0 aliphatic carbocycles. The molecule has 11 heteroatoms. The van der Waals surface area contributed by atoms with Crippen LogP contribution in [0.2, 0.25) is 5.02 Å². The molecule has 0 radical (unpaired) electrons. The molecular formula is C20H18ClF4N3O3. The zero-order valence-electron chi connectivity index (χ0n) is 16.1. The Kier molecular flexibility index (Phi) is 6.99. The molecule has 3 rings (SSSR count). The SMILES string of the molecule is O=C(COC(=O)C1CCN(c2ccc(C(F)(F)F)cn2)CC1)Nc1ccc(F)c(Cl)c1. The van der Waals surface area contributed by atoms with Gasteiger partial charge in [-0.25, -0.2) is 9.37 Å². The van der Waals surface area contributed by atoms with Crippen molar-refractivity contribution in [2.45, 2.75) is 19.0 Å². The minimum atomic E-state index is -4.45. The van der Waals surface area contributed by atoms with Crippen molar-refractivity contribution in [1.82, 2.24) is 4.98 Å². The van der Waals surface area contributed by atoms with E-state index in [-0.39, 0.29) is 10.7 Å². The van der Waals surface area contributed by atoms with Gasteiger partial charge in [-0.05, 0) is 43.2 Å². The van der Waals surface area contributed by atoms with Crippen molar-refractivity contribution < 1.29 is 31.9 Å². The normalized spacial score (nSPS) is 14.9. The second-order valence-corrected chi connectivity index (χ2v) is 7.36. The lowest BCUT2D eigenvalue weighted by molar-refractivity contribution is -0.152. The molecule has 1 aromatic carbocycles. The summed E-state index contributed by atoms with van der Waals surface area (Å²) in [5.41, 5.74) is -0.555. The maximum Gasteiger partial charge on any atom is 0.417 e. The first-order chi connectivity index (χ1) is 14.6. The summed E-state index contributed by atoms with van der Waals surface area (Å²) in [6, 6.07) is 5.93. The highest BCUT2D eigenvalue weighted by atomic mass is 35.5. The molecule has 1 N–H and O–H groups in total. The molecule has 1 fully saturated rings. The number of nitrogens with one attached hydrogen (secondary N) is 1. The highest BCUT2D eigenvalue weighted by Gasteiger charge is 2.31. The van der Waals surface area contributed by atoms with E-state index in [1.807, 2.05) is 0 Å². The number of esters is 1. The minimum Gasteiger partial charge on any atom is -0.455 e. The summed E-state index contributed by atoms with van der Waals surface area (Å²) in [5, 5.41) is 2.30. The number of pyridine rings is 1. The van der Waals surface area contributed by atoms with Gasteiger partial charge in [0, 0.05) is 25.0 Å². The van der Waals surface area contributed by atoms with Gasteiger partial charge in [0.1, 0.15) is 11.6 Å². The van der Waals surface area contributed by atoms with Crippen LogP contribution in [0.15, 0.2) is 36.5 Å². The Morgan fingerprint density at radius 3 is 2.48 bits per heavy atom. The van der Waals surface area contributed by atoms with Crippen LogP contribution in [0.1, 0.15) is 18.4 Å². The summed E-state index contributed by atoms with van der Waals surface area (Å²) >= 11 is 5.64. The fraction of sp³-hybridized carbons (Fsp3) is 0.350. The lowest BCUT2D eigenvalue weighted by atomic mass is 9.97. The zero-order chi connectivity index (χ0) is 22.6. The summed E-state index contributed by atoms with van der Waals surface area (Å²) in [5.74, 6) is -1.78. The maximum atomic E-state index is 13.1. The van der Waals surface area contributed by atoms with Crippen LogP contribution in [-0.4, -0.2) is 36.6 Å². The largest absolute Gasteiger partial charge is 0.455 e. The van der Waals surface area contributed by atoms with Crippen molar-refractivity contribution in [2.24, 2.45) is 5.92 Å². The monoisotopic (exact) mass is 459 g/mol. The van der Waals surface area contributed by atoms with Crippen LogP contribution >= 0.6 is 11.6 Å². The maximum absolute atomic E-state index is 13.1. The van der Waals surface area contributed by atoms with Gasteiger partial charge in [-0.15, -0.1) is 0 Å². The molecule has 0 unspecified atom stereocenters. The molecule has 1 aliphatic rings. The number of benzene rings is 1. The first-order valence-electron chi connectivity index (χ1n) is 9.33. The molecule has 2 heterocycles. The number of amides is 1. The van der Waals surface area contributed by atoms with Crippen LogP contribution in [0.4, 0.5) is 29.1 Å². The molecule has 1 saturated heterocycles. The highest BCUT2D eigenvalue weighted by Crippen LogP contribution is 2.30. The number of piperidine rings is 1. The standard InChI is InChI=1S/C20H18ClF4N3O3/c21-15-9-14(2-3-16(15)22)27-18(29)11-31-19(30)12-5-7-28(8-6-12)17-4-1-13(10-26-17)20(23,24)25/h1-4,9-10,12H,5-8,11H2,(H,27,29). The molecule has 6 nitrogen and oxygen atoms in total. The second kappa shape index (κ2) is 9.51. The molecule has 2 aromatic rings. The van der Waals surface area contributed by atoms with Gasteiger partial charge in [0.05, 0.1) is 16.5 Å². The number of alkyl halides is 3. The van der Waals surface area contributed by atoms with E-state index in [9.17, 15) is 27.2 Å². The molecule has 1 aromatic heterocycles. The van der Waals surface area contributed by atoms with Crippen LogP contribution < -0.4 is 10.2 Å². The fourth-order valence-electron chi connectivity index (χ4n) is 3.11. The van der Waals surface area contributed by atoms with Crippen LogP contribution in [0.25, 0.3) is 0 Å². The number of ether oxygens (including phenoxy) is 1. The Morgan fingerprint density at radius 1 is 1.19 bits per heavy atom. The smallest absolute Gasteiger partial charge is 0.417 e. The van der Waals surface area contributed by atoms with Crippen LogP contribution in [-0.2, 0) is 20.5 Å². The fourth-order valence-corrected chi connectivity index (χ4v) is 3.29. The molecule has 31 heavy (non-hydrogen) atoms. The van der Waals surface area contributed by atoms with E-state index in [1.165, 1.54) is 18.2 Å². The van der Waals surface area contributed by atoms with E-state index < -0.39 is 42.0 Å². The number of halogens is 5. The van der Waals surface area contributed by atoms with Gasteiger partial charge < -0.3 is 15.0 Å². The lowest BCUT2D eigenvalue weighted by Gasteiger charge is -2.31. The van der Waals surface area contributed by atoms with Gasteiger partial charge >= 0.3 is 12.1 Å². The van der Waals surface area contributed by atoms with E-state index in [0.29, 0.717) is 31.7 Å². The first kappa shape index (κ1) is 22.8. The number of nitrogens with zero attached hydrogens (tertiary/aromatic N) is 2.